The Morgan fingerprint density at radius 2 is 2.00 bits per heavy atom. The van der Waals surface area contributed by atoms with Gasteiger partial charge in [0.2, 0.25) is 0 Å². The summed E-state index contributed by atoms with van der Waals surface area (Å²) in [6, 6.07) is 8.60. The lowest BCUT2D eigenvalue weighted by Crippen LogP contribution is -2.48. The molecule has 6 unspecified atom stereocenters. The second-order valence-corrected chi connectivity index (χ2v) is 11.6. The van der Waals surface area contributed by atoms with E-state index >= 15 is 0 Å². The number of benzene rings is 1. The number of para-hydroxylation sites is 1. The number of carbonyl (C=O) groups is 1. The Balaban J connectivity index is 1.84. The van der Waals surface area contributed by atoms with Crippen LogP contribution in [0.4, 0.5) is 0 Å². The first-order valence-corrected chi connectivity index (χ1v) is 13.8. The number of hydrogen-bond acceptors (Lipinski definition) is 10. The van der Waals surface area contributed by atoms with E-state index in [4.69, 9.17) is 36.8 Å². The number of aromatic nitrogens is 2. The molecule has 1 aromatic heterocycles. The second kappa shape index (κ2) is 11.7. The Labute approximate surface area is 217 Å². The third-order valence-corrected chi connectivity index (χ3v) is 7.75. The zero-order chi connectivity index (χ0) is 27.4. The van der Waals surface area contributed by atoms with Crippen molar-refractivity contribution >= 4 is 24.4 Å². The van der Waals surface area contributed by atoms with Crippen molar-refractivity contribution in [2.45, 2.75) is 57.0 Å². The van der Waals surface area contributed by atoms with E-state index in [-0.39, 0.29) is 6.10 Å². The normalized spacial score (nSPS) is 25.7. The number of esters is 1. The summed E-state index contributed by atoms with van der Waals surface area (Å²) in [6.45, 7) is 1.000. The average Bonchev–Trinajstić information content (AvgIpc) is 3.08. The van der Waals surface area contributed by atoms with Crippen LogP contribution in [0.1, 0.15) is 27.0 Å². The van der Waals surface area contributed by atoms with E-state index in [1.165, 1.54) is 6.92 Å². The third kappa shape index (κ3) is 6.74. The molecule has 0 radical (unpaired) electrons. The summed E-state index contributed by atoms with van der Waals surface area (Å²) in [5, 5.41) is 24.6. The molecule has 6 atom stereocenters. The lowest BCUT2D eigenvalue weighted by atomic mass is 9.95. The summed E-state index contributed by atoms with van der Waals surface area (Å²) in [5.74, 6) is 1.83. The summed E-state index contributed by atoms with van der Waals surface area (Å²) in [7, 11) is 0. The van der Waals surface area contributed by atoms with Gasteiger partial charge in [0.15, 0.2) is 11.8 Å². The Kier molecular flexibility index (Phi) is 9.09. The number of aromatic amines is 1. The minimum atomic E-state index is -3.49. The van der Waals surface area contributed by atoms with Crippen LogP contribution in [0.3, 0.4) is 0 Å². The lowest BCUT2D eigenvalue weighted by Gasteiger charge is -2.28. The third-order valence-electron chi connectivity index (χ3n) is 5.25. The van der Waals surface area contributed by atoms with Crippen molar-refractivity contribution in [1.82, 2.24) is 14.6 Å². The SMILES string of the molecule is C#CC1(O)C(O)C(COP(=S)(NC(C)C(=O)OC(C)C)Oc2ccccc2)OC1n1ccc(=O)[nH]c1=O. The molecule has 0 bridgehead atoms. The van der Waals surface area contributed by atoms with Gasteiger partial charge in [-0.25, -0.2) is 9.88 Å². The highest BCUT2D eigenvalue weighted by atomic mass is 32.5. The summed E-state index contributed by atoms with van der Waals surface area (Å²) in [5.41, 5.74) is -3.92. The Morgan fingerprint density at radius 3 is 2.59 bits per heavy atom. The van der Waals surface area contributed by atoms with Gasteiger partial charge in [0, 0.05) is 12.3 Å². The summed E-state index contributed by atoms with van der Waals surface area (Å²) in [4.78, 5) is 38.1. The molecule has 3 rings (SSSR count). The number of aliphatic hydroxyl groups excluding tert-OH is 1. The van der Waals surface area contributed by atoms with Gasteiger partial charge in [0.25, 0.3) is 5.56 Å². The molecule has 0 amide bonds. The zero-order valence-electron chi connectivity index (χ0n) is 20.3. The molecule has 0 saturated carbocycles. The Morgan fingerprint density at radius 1 is 1.32 bits per heavy atom. The van der Waals surface area contributed by atoms with E-state index in [0.29, 0.717) is 5.75 Å². The quantitative estimate of drug-likeness (QED) is 0.183. The van der Waals surface area contributed by atoms with Gasteiger partial charge < -0.3 is 28.7 Å². The van der Waals surface area contributed by atoms with Crippen LogP contribution in [-0.2, 0) is 30.6 Å². The van der Waals surface area contributed by atoms with Gasteiger partial charge >= 0.3 is 18.3 Å². The maximum atomic E-state index is 12.4. The molecule has 1 aliphatic heterocycles. The van der Waals surface area contributed by atoms with Crippen molar-refractivity contribution < 1.29 is 33.5 Å². The number of ether oxygens (including phenoxy) is 2. The van der Waals surface area contributed by atoms with Crippen LogP contribution in [-0.4, -0.2) is 62.3 Å². The molecule has 4 N–H and O–H groups in total. The molecule has 0 aliphatic carbocycles. The zero-order valence-corrected chi connectivity index (χ0v) is 22.0. The maximum absolute atomic E-state index is 12.4. The van der Waals surface area contributed by atoms with Gasteiger partial charge in [0.1, 0.15) is 24.0 Å². The highest BCUT2D eigenvalue weighted by molar-refractivity contribution is 8.09. The summed E-state index contributed by atoms with van der Waals surface area (Å²) < 4.78 is 23.5. The van der Waals surface area contributed by atoms with Gasteiger partial charge in [-0.2, -0.15) is 0 Å². The van der Waals surface area contributed by atoms with E-state index in [1.54, 1.807) is 44.2 Å². The lowest BCUT2D eigenvalue weighted by molar-refractivity contribution is -0.149. The monoisotopic (exact) mass is 553 g/mol. The largest absolute Gasteiger partial charge is 0.462 e. The number of aliphatic hydroxyl groups is 2. The van der Waals surface area contributed by atoms with Gasteiger partial charge in [-0.15, -0.1) is 6.42 Å². The van der Waals surface area contributed by atoms with E-state index < -0.39 is 60.5 Å². The second-order valence-electron chi connectivity index (χ2n) is 8.49. The van der Waals surface area contributed by atoms with Crippen molar-refractivity contribution in [1.29, 1.82) is 0 Å². The molecular formula is C23H28N3O9PS. The number of nitrogens with zero attached hydrogens (tertiary/aromatic N) is 1. The van der Waals surface area contributed by atoms with Gasteiger partial charge in [-0.3, -0.25) is 19.1 Å². The molecule has 1 saturated heterocycles. The van der Waals surface area contributed by atoms with Crippen LogP contribution >= 0.6 is 6.64 Å². The predicted octanol–water partition coefficient (Wildman–Crippen LogP) is 0.409. The molecule has 14 heteroatoms. The number of H-pyrrole nitrogens is 1. The standard InChI is InChI=1S/C23H28N3O9PS/c1-5-23(31)19(28)17(34-21(23)26-12-11-18(27)24-22(26)30)13-32-36(37,35-16-9-7-6-8-10-16)25-15(4)20(29)33-14(2)3/h1,6-12,14-15,17,19,21,28,31H,13H2,2-4H3,(H,25,37)(H,24,27,30). The first-order valence-electron chi connectivity index (χ1n) is 11.2. The number of terminal acetylenes is 1. The molecule has 1 fully saturated rings. The van der Waals surface area contributed by atoms with Crippen molar-refractivity contribution in [3.8, 4) is 18.1 Å². The highest BCUT2D eigenvalue weighted by Gasteiger charge is 2.56. The number of rotatable bonds is 10. The average molecular weight is 554 g/mol. The number of hydrogen-bond donors (Lipinski definition) is 4. The summed E-state index contributed by atoms with van der Waals surface area (Å²) in [6.07, 6.45) is 1.66. The Hall–Kier alpha value is -2.82. The van der Waals surface area contributed by atoms with E-state index in [9.17, 15) is 24.6 Å². The van der Waals surface area contributed by atoms with Crippen LogP contribution in [0, 0.1) is 12.3 Å². The summed E-state index contributed by atoms with van der Waals surface area (Å²) >= 11 is 5.62. The minimum absolute atomic E-state index is 0.355. The van der Waals surface area contributed by atoms with Crippen molar-refractivity contribution in [3.05, 3.63) is 63.4 Å². The van der Waals surface area contributed by atoms with Crippen LogP contribution in [0.15, 0.2) is 52.2 Å². The highest BCUT2D eigenvalue weighted by Crippen LogP contribution is 2.47. The molecular weight excluding hydrogens is 525 g/mol. The topological polar surface area (TPSA) is 161 Å². The predicted molar refractivity (Wildman–Crippen MR) is 136 cm³/mol. The van der Waals surface area contributed by atoms with Crippen molar-refractivity contribution in [2.75, 3.05) is 6.61 Å². The van der Waals surface area contributed by atoms with E-state index in [1.807, 2.05) is 4.98 Å². The maximum Gasteiger partial charge on any atom is 0.330 e. The molecule has 200 valence electrons. The van der Waals surface area contributed by atoms with Crippen molar-refractivity contribution in [2.24, 2.45) is 0 Å². The molecule has 37 heavy (non-hydrogen) atoms. The minimum Gasteiger partial charge on any atom is -0.462 e. The molecule has 12 nitrogen and oxygen atoms in total. The molecule has 2 heterocycles. The fraction of sp³-hybridized carbons (Fsp3) is 0.435. The van der Waals surface area contributed by atoms with Crippen LogP contribution in [0.5, 0.6) is 5.75 Å². The molecule has 2 aromatic rings. The first kappa shape index (κ1) is 28.7. The van der Waals surface area contributed by atoms with Crippen LogP contribution in [0.25, 0.3) is 0 Å². The fourth-order valence-corrected chi connectivity index (χ4v) is 5.87. The van der Waals surface area contributed by atoms with Crippen LogP contribution in [0.2, 0.25) is 0 Å². The van der Waals surface area contributed by atoms with Crippen molar-refractivity contribution in [3.63, 3.8) is 0 Å². The number of nitrogens with one attached hydrogen (secondary N) is 2. The van der Waals surface area contributed by atoms with Gasteiger partial charge in [-0.1, -0.05) is 24.1 Å². The van der Waals surface area contributed by atoms with E-state index in [2.05, 4.69) is 11.0 Å². The van der Waals surface area contributed by atoms with Gasteiger partial charge in [0.05, 0.1) is 12.7 Å². The first-order chi connectivity index (χ1) is 17.4. The molecule has 1 aromatic carbocycles. The number of carbonyl (C=O) groups excluding carboxylic acids is 1. The molecule has 0 spiro atoms. The Bertz CT molecular complexity index is 1310. The fourth-order valence-electron chi connectivity index (χ4n) is 3.46. The smallest absolute Gasteiger partial charge is 0.330 e. The van der Waals surface area contributed by atoms with E-state index in [0.717, 1.165) is 16.8 Å². The molecule has 1 aliphatic rings. The van der Waals surface area contributed by atoms with Crippen LogP contribution < -0.4 is 20.9 Å². The van der Waals surface area contributed by atoms with Gasteiger partial charge in [-0.05, 0) is 44.7 Å².